The lowest BCUT2D eigenvalue weighted by atomic mass is 9.88. The van der Waals surface area contributed by atoms with Gasteiger partial charge in [0.05, 0.1) is 5.54 Å². The second-order valence-corrected chi connectivity index (χ2v) is 5.51. The van der Waals surface area contributed by atoms with Crippen LogP contribution in [-0.4, -0.2) is 31.1 Å². The molecular formula is C16H26N2. The predicted molar refractivity (Wildman–Crippen MR) is 77.8 cm³/mol. The Labute approximate surface area is 111 Å². The smallest absolute Gasteiger partial charge is 0.0557 e. The summed E-state index contributed by atoms with van der Waals surface area (Å²) in [5.41, 5.74) is 1.60. The molecule has 0 spiro atoms. The molecule has 1 aliphatic rings. The first-order valence-corrected chi connectivity index (χ1v) is 7.28. The standard InChI is InChI=1S/C16H26N2/c1-3-4-8-12-18-13-11-17-14-16(18,2)15-9-6-5-7-10-15/h5-7,9-10,17H,3-4,8,11-14H2,1-2H3. The lowest BCUT2D eigenvalue weighted by Crippen LogP contribution is -2.57. The number of rotatable bonds is 5. The highest BCUT2D eigenvalue weighted by Gasteiger charge is 2.35. The average Bonchev–Trinajstić information content (AvgIpc) is 2.42. The Morgan fingerprint density at radius 2 is 2.00 bits per heavy atom. The maximum atomic E-state index is 3.55. The molecule has 1 saturated heterocycles. The Bertz CT molecular complexity index is 349. The third-order valence-electron chi connectivity index (χ3n) is 4.15. The zero-order valence-corrected chi connectivity index (χ0v) is 11.8. The Hall–Kier alpha value is -0.860. The van der Waals surface area contributed by atoms with Gasteiger partial charge in [-0.2, -0.15) is 0 Å². The Morgan fingerprint density at radius 1 is 1.22 bits per heavy atom. The van der Waals surface area contributed by atoms with Gasteiger partial charge >= 0.3 is 0 Å². The highest BCUT2D eigenvalue weighted by atomic mass is 15.3. The van der Waals surface area contributed by atoms with E-state index in [9.17, 15) is 0 Å². The normalized spacial score (nSPS) is 25.2. The van der Waals surface area contributed by atoms with Crippen LogP contribution in [0.5, 0.6) is 0 Å². The Morgan fingerprint density at radius 3 is 2.72 bits per heavy atom. The summed E-state index contributed by atoms with van der Waals surface area (Å²) in [5.74, 6) is 0. The van der Waals surface area contributed by atoms with Gasteiger partial charge in [0.1, 0.15) is 0 Å². The van der Waals surface area contributed by atoms with Gasteiger partial charge in [-0.05, 0) is 25.5 Å². The van der Waals surface area contributed by atoms with E-state index in [2.05, 4.69) is 54.4 Å². The van der Waals surface area contributed by atoms with Gasteiger partial charge in [0, 0.05) is 19.6 Å². The van der Waals surface area contributed by atoms with Crippen molar-refractivity contribution in [3.63, 3.8) is 0 Å². The van der Waals surface area contributed by atoms with E-state index in [1.54, 1.807) is 0 Å². The number of unbranched alkanes of at least 4 members (excludes halogenated alkanes) is 2. The van der Waals surface area contributed by atoms with Gasteiger partial charge in [0.25, 0.3) is 0 Å². The van der Waals surface area contributed by atoms with Crippen molar-refractivity contribution >= 4 is 0 Å². The SMILES string of the molecule is CCCCCN1CCNCC1(C)c1ccccc1. The van der Waals surface area contributed by atoms with Crippen LogP contribution in [0, 0.1) is 0 Å². The molecule has 0 saturated carbocycles. The molecule has 1 N–H and O–H groups in total. The molecule has 2 rings (SSSR count). The third-order valence-corrected chi connectivity index (χ3v) is 4.15. The van der Waals surface area contributed by atoms with E-state index in [0.29, 0.717) is 0 Å². The van der Waals surface area contributed by atoms with Crippen LogP contribution in [0.2, 0.25) is 0 Å². The molecule has 1 heterocycles. The quantitative estimate of drug-likeness (QED) is 0.804. The number of nitrogens with one attached hydrogen (secondary N) is 1. The van der Waals surface area contributed by atoms with Gasteiger partial charge in [-0.3, -0.25) is 4.90 Å². The second kappa shape index (κ2) is 6.35. The van der Waals surface area contributed by atoms with Gasteiger partial charge < -0.3 is 5.32 Å². The summed E-state index contributed by atoms with van der Waals surface area (Å²) in [7, 11) is 0. The summed E-state index contributed by atoms with van der Waals surface area (Å²) in [4.78, 5) is 2.66. The van der Waals surface area contributed by atoms with Crippen molar-refractivity contribution in [1.29, 1.82) is 0 Å². The molecule has 100 valence electrons. The molecular weight excluding hydrogens is 220 g/mol. The molecule has 1 aromatic rings. The van der Waals surface area contributed by atoms with Crippen LogP contribution < -0.4 is 5.32 Å². The first kappa shape index (κ1) is 13.6. The van der Waals surface area contributed by atoms with Crippen LogP contribution in [0.3, 0.4) is 0 Å². The van der Waals surface area contributed by atoms with E-state index in [1.165, 1.54) is 31.4 Å². The Balaban J connectivity index is 2.11. The molecule has 2 heteroatoms. The van der Waals surface area contributed by atoms with E-state index in [1.807, 2.05) is 0 Å². The van der Waals surface area contributed by atoms with Crippen LogP contribution in [0.25, 0.3) is 0 Å². The van der Waals surface area contributed by atoms with Crippen molar-refractivity contribution in [2.24, 2.45) is 0 Å². The summed E-state index contributed by atoms with van der Waals surface area (Å²) in [6.07, 6.45) is 3.96. The topological polar surface area (TPSA) is 15.3 Å². The predicted octanol–water partition coefficient (Wildman–Crippen LogP) is 3.00. The number of benzene rings is 1. The first-order chi connectivity index (χ1) is 8.77. The minimum Gasteiger partial charge on any atom is -0.313 e. The molecule has 1 fully saturated rings. The van der Waals surface area contributed by atoms with Gasteiger partial charge in [-0.15, -0.1) is 0 Å². The summed E-state index contributed by atoms with van der Waals surface area (Å²) >= 11 is 0. The minimum absolute atomic E-state index is 0.160. The maximum Gasteiger partial charge on any atom is 0.0557 e. The maximum absolute atomic E-state index is 3.55. The van der Waals surface area contributed by atoms with Crippen molar-refractivity contribution in [2.45, 2.75) is 38.6 Å². The zero-order valence-electron chi connectivity index (χ0n) is 11.8. The molecule has 0 amide bonds. The fourth-order valence-electron chi connectivity index (χ4n) is 2.90. The number of hydrogen-bond donors (Lipinski definition) is 1. The molecule has 1 aliphatic heterocycles. The molecule has 1 aromatic carbocycles. The monoisotopic (exact) mass is 246 g/mol. The molecule has 0 bridgehead atoms. The molecule has 0 aromatic heterocycles. The van der Waals surface area contributed by atoms with Crippen molar-refractivity contribution in [3.8, 4) is 0 Å². The summed E-state index contributed by atoms with van der Waals surface area (Å²) in [5, 5.41) is 3.55. The van der Waals surface area contributed by atoms with Crippen LogP contribution >= 0.6 is 0 Å². The van der Waals surface area contributed by atoms with Crippen molar-refractivity contribution in [3.05, 3.63) is 35.9 Å². The van der Waals surface area contributed by atoms with Gasteiger partial charge in [0.2, 0.25) is 0 Å². The number of nitrogens with zero attached hydrogens (tertiary/aromatic N) is 1. The summed E-state index contributed by atoms with van der Waals surface area (Å²) < 4.78 is 0. The van der Waals surface area contributed by atoms with Crippen molar-refractivity contribution in [2.75, 3.05) is 26.2 Å². The van der Waals surface area contributed by atoms with Crippen LogP contribution in [-0.2, 0) is 5.54 Å². The lowest BCUT2D eigenvalue weighted by Gasteiger charge is -2.46. The van der Waals surface area contributed by atoms with Gasteiger partial charge in [-0.1, -0.05) is 50.1 Å². The first-order valence-electron chi connectivity index (χ1n) is 7.28. The Kier molecular flexibility index (Phi) is 4.79. The summed E-state index contributed by atoms with van der Waals surface area (Å²) in [6.45, 7) is 9.21. The largest absolute Gasteiger partial charge is 0.313 e. The van der Waals surface area contributed by atoms with E-state index in [0.717, 1.165) is 19.6 Å². The zero-order chi connectivity index (χ0) is 12.8. The van der Waals surface area contributed by atoms with Crippen LogP contribution in [0.4, 0.5) is 0 Å². The van der Waals surface area contributed by atoms with E-state index in [4.69, 9.17) is 0 Å². The molecule has 1 atom stereocenters. The number of piperazine rings is 1. The molecule has 2 nitrogen and oxygen atoms in total. The highest BCUT2D eigenvalue weighted by Crippen LogP contribution is 2.29. The molecule has 0 radical (unpaired) electrons. The minimum atomic E-state index is 0.160. The fourth-order valence-corrected chi connectivity index (χ4v) is 2.90. The van der Waals surface area contributed by atoms with Crippen molar-refractivity contribution in [1.82, 2.24) is 10.2 Å². The van der Waals surface area contributed by atoms with E-state index < -0.39 is 0 Å². The summed E-state index contributed by atoms with van der Waals surface area (Å²) in [6, 6.07) is 10.9. The van der Waals surface area contributed by atoms with Crippen LogP contribution in [0.15, 0.2) is 30.3 Å². The highest BCUT2D eigenvalue weighted by molar-refractivity contribution is 5.25. The second-order valence-electron chi connectivity index (χ2n) is 5.51. The fraction of sp³-hybridized carbons (Fsp3) is 0.625. The van der Waals surface area contributed by atoms with Crippen molar-refractivity contribution < 1.29 is 0 Å². The molecule has 18 heavy (non-hydrogen) atoms. The average molecular weight is 246 g/mol. The van der Waals surface area contributed by atoms with Gasteiger partial charge in [-0.25, -0.2) is 0 Å². The molecule has 1 unspecified atom stereocenters. The van der Waals surface area contributed by atoms with Crippen LogP contribution in [0.1, 0.15) is 38.7 Å². The van der Waals surface area contributed by atoms with E-state index in [-0.39, 0.29) is 5.54 Å². The lowest BCUT2D eigenvalue weighted by molar-refractivity contribution is 0.0711. The van der Waals surface area contributed by atoms with Gasteiger partial charge in [0.15, 0.2) is 0 Å². The molecule has 0 aliphatic carbocycles. The van der Waals surface area contributed by atoms with E-state index >= 15 is 0 Å². The number of hydrogen-bond acceptors (Lipinski definition) is 2. The third kappa shape index (κ3) is 2.93.